The Morgan fingerprint density at radius 3 is 1.19 bits per heavy atom. The third kappa shape index (κ3) is 42.6. The molecule has 0 aromatic carbocycles. The van der Waals surface area contributed by atoms with Gasteiger partial charge in [0, 0.05) is 12.8 Å². The summed E-state index contributed by atoms with van der Waals surface area (Å²) in [5.74, 6) is -2.00. The van der Waals surface area contributed by atoms with Crippen molar-refractivity contribution < 1.29 is 56.8 Å². The predicted molar refractivity (Wildman–Crippen MR) is 294 cm³/mol. The lowest BCUT2D eigenvalue weighted by atomic mass is 10.00. The SMILES string of the molecule is CCCCCCCCCCCCCCCCCCCC/C=C/CCCC(=O)O[C@H](COC(=O)CCCCCCCCCCCCCCCCCCCCCCC)CO[C@H]1O[C@H](CS(=O)(=O)O)[C@@H](O)C(O)C1O. The summed E-state index contributed by atoms with van der Waals surface area (Å²) in [6, 6.07) is 0. The van der Waals surface area contributed by atoms with Gasteiger partial charge in [-0.3, -0.25) is 14.1 Å². The van der Waals surface area contributed by atoms with Gasteiger partial charge in [0.15, 0.2) is 12.4 Å². The third-order valence-electron chi connectivity index (χ3n) is 14.3. The van der Waals surface area contributed by atoms with Crippen LogP contribution in [0.15, 0.2) is 12.2 Å². The maximum absolute atomic E-state index is 12.9. The highest BCUT2D eigenvalue weighted by atomic mass is 32.2. The van der Waals surface area contributed by atoms with E-state index in [1.165, 1.54) is 218 Å². The molecule has 0 aromatic heterocycles. The summed E-state index contributed by atoms with van der Waals surface area (Å²) in [4.78, 5) is 25.6. The van der Waals surface area contributed by atoms with Crippen LogP contribution in [-0.2, 0) is 38.7 Å². The molecule has 13 heteroatoms. The van der Waals surface area contributed by atoms with Crippen LogP contribution in [0.4, 0.5) is 0 Å². The van der Waals surface area contributed by atoms with Crippen LogP contribution in [0.25, 0.3) is 0 Å². The van der Waals surface area contributed by atoms with Crippen molar-refractivity contribution >= 4 is 22.1 Å². The molecule has 1 rings (SSSR count). The van der Waals surface area contributed by atoms with Crippen molar-refractivity contribution in [2.75, 3.05) is 19.0 Å². The molecule has 72 heavy (non-hydrogen) atoms. The number of ether oxygens (including phenoxy) is 4. The lowest BCUT2D eigenvalue weighted by molar-refractivity contribution is -0.297. The number of rotatable bonds is 53. The monoisotopic (exact) mass is 1040 g/mol. The third-order valence-corrected chi connectivity index (χ3v) is 15.1. The minimum absolute atomic E-state index is 0.122. The Bertz CT molecular complexity index is 1360. The average Bonchev–Trinajstić information content (AvgIpc) is 3.35. The maximum Gasteiger partial charge on any atom is 0.306 e. The highest BCUT2D eigenvalue weighted by Crippen LogP contribution is 2.24. The van der Waals surface area contributed by atoms with E-state index >= 15 is 0 Å². The Balaban J connectivity index is 2.29. The number of allylic oxidation sites excluding steroid dienone is 2. The number of hydrogen-bond acceptors (Lipinski definition) is 11. The number of esters is 2. The Labute approximate surface area is 441 Å². The number of unbranched alkanes of at least 4 members (excludes halogenated alkanes) is 39. The highest BCUT2D eigenvalue weighted by molar-refractivity contribution is 7.85. The van der Waals surface area contributed by atoms with Gasteiger partial charge in [0.05, 0.1) is 6.61 Å². The Hall–Kier alpha value is -1.61. The predicted octanol–water partition coefficient (Wildman–Crippen LogP) is 14.9. The van der Waals surface area contributed by atoms with Crippen LogP contribution in [0.5, 0.6) is 0 Å². The Morgan fingerprint density at radius 2 is 0.806 bits per heavy atom. The van der Waals surface area contributed by atoms with Gasteiger partial charge in [-0.2, -0.15) is 8.42 Å². The summed E-state index contributed by atoms with van der Waals surface area (Å²) in [7, 11) is -4.61. The first kappa shape index (κ1) is 68.4. The zero-order valence-electron chi connectivity index (χ0n) is 46.3. The second kappa shape index (κ2) is 49.0. The molecule has 0 bridgehead atoms. The highest BCUT2D eigenvalue weighted by Gasteiger charge is 2.46. The summed E-state index contributed by atoms with van der Waals surface area (Å²) >= 11 is 0. The van der Waals surface area contributed by atoms with Crippen LogP contribution in [0.1, 0.15) is 296 Å². The fourth-order valence-electron chi connectivity index (χ4n) is 9.69. The number of carbonyl (C=O) groups excluding carboxylic acids is 2. The molecule has 0 spiro atoms. The van der Waals surface area contributed by atoms with E-state index in [0.29, 0.717) is 19.3 Å². The molecule has 0 aliphatic carbocycles. The molecule has 2 unspecified atom stereocenters. The van der Waals surface area contributed by atoms with Crippen molar-refractivity contribution in [3.63, 3.8) is 0 Å². The zero-order chi connectivity index (χ0) is 52.6. The first-order valence-electron chi connectivity index (χ1n) is 30.2. The van der Waals surface area contributed by atoms with E-state index in [0.717, 1.165) is 32.1 Å². The minimum Gasteiger partial charge on any atom is -0.462 e. The molecule has 1 saturated heterocycles. The van der Waals surface area contributed by atoms with E-state index in [4.69, 9.17) is 18.9 Å². The van der Waals surface area contributed by atoms with Gasteiger partial charge < -0.3 is 34.3 Å². The summed E-state index contributed by atoms with van der Waals surface area (Å²) in [6.45, 7) is 3.82. The van der Waals surface area contributed by atoms with E-state index in [1.807, 2.05) is 0 Å². The van der Waals surface area contributed by atoms with Crippen LogP contribution < -0.4 is 0 Å². The van der Waals surface area contributed by atoms with E-state index < -0.39 is 71.2 Å². The number of aliphatic hydroxyl groups excluding tert-OH is 3. The van der Waals surface area contributed by atoms with Crippen molar-refractivity contribution in [3.8, 4) is 0 Å². The molecule has 12 nitrogen and oxygen atoms in total. The van der Waals surface area contributed by atoms with Gasteiger partial charge in [-0.05, 0) is 32.1 Å². The largest absolute Gasteiger partial charge is 0.462 e. The smallest absolute Gasteiger partial charge is 0.306 e. The summed E-state index contributed by atoms with van der Waals surface area (Å²) in [6.07, 6.45) is 48.4. The van der Waals surface area contributed by atoms with Crippen molar-refractivity contribution in [3.05, 3.63) is 12.2 Å². The second-order valence-electron chi connectivity index (χ2n) is 21.4. The quantitative estimate of drug-likeness (QED) is 0.0196. The molecule has 4 N–H and O–H groups in total. The van der Waals surface area contributed by atoms with Gasteiger partial charge >= 0.3 is 11.9 Å². The second-order valence-corrected chi connectivity index (χ2v) is 22.9. The van der Waals surface area contributed by atoms with Crippen LogP contribution in [0, 0.1) is 0 Å². The number of aliphatic hydroxyl groups is 3. The molecule has 1 heterocycles. The van der Waals surface area contributed by atoms with Gasteiger partial charge in [-0.25, -0.2) is 0 Å². The molecule has 426 valence electrons. The zero-order valence-corrected chi connectivity index (χ0v) is 47.1. The van der Waals surface area contributed by atoms with Crippen LogP contribution in [0.2, 0.25) is 0 Å². The van der Waals surface area contributed by atoms with E-state index in [-0.39, 0.29) is 19.4 Å². The molecule has 1 fully saturated rings. The molecule has 0 aromatic rings. The van der Waals surface area contributed by atoms with Crippen molar-refractivity contribution in [2.24, 2.45) is 0 Å². The minimum atomic E-state index is -4.61. The molecular weight excluding hydrogens is 933 g/mol. The fraction of sp³-hybridized carbons (Fsp3) is 0.932. The van der Waals surface area contributed by atoms with Crippen LogP contribution >= 0.6 is 0 Å². The lowest BCUT2D eigenvalue weighted by Crippen LogP contribution is -2.60. The van der Waals surface area contributed by atoms with Gasteiger partial charge in [-0.15, -0.1) is 0 Å². The molecule has 0 amide bonds. The number of hydrogen-bond donors (Lipinski definition) is 4. The molecular formula is C59H112O12S. The normalized spacial score (nSPS) is 18.8. The standard InChI is InChI=1S/C59H112O12S/c1-3-5-7-9-11-13-15-17-19-21-23-25-26-28-30-32-34-36-38-40-42-44-46-48-55(61)70-52(50-69-59-58(64)57(63)56(62)53(71-59)51-72(65,66)67)49-68-54(60)47-45-43-41-39-37-35-33-31-29-27-24-22-20-18-16-14-12-10-8-6-4-2/h40,42,52-53,56-59,62-64H,3-39,41,43-51H2,1-2H3,(H,65,66,67)/b42-40+/t52-,53-,56-,57?,58?,59+/m1/s1. The topological polar surface area (TPSA) is 186 Å². The molecule has 1 aliphatic rings. The average molecular weight is 1050 g/mol. The van der Waals surface area contributed by atoms with Crippen LogP contribution in [-0.4, -0.2) is 96.0 Å². The summed E-state index contributed by atoms with van der Waals surface area (Å²) in [5, 5.41) is 31.1. The Morgan fingerprint density at radius 1 is 0.458 bits per heavy atom. The van der Waals surface area contributed by atoms with Gasteiger partial charge in [0.2, 0.25) is 0 Å². The lowest BCUT2D eigenvalue weighted by Gasteiger charge is -2.40. The maximum atomic E-state index is 12.9. The molecule has 6 atom stereocenters. The summed E-state index contributed by atoms with van der Waals surface area (Å²) < 4.78 is 54.4. The molecule has 0 radical (unpaired) electrons. The Kier molecular flexibility index (Phi) is 46.5. The fourth-order valence-corrected chi connectivity index (χ4v) is 10.4. The molecule has 1 aliphatic heterocycles. The van der Waals surface area contributed by atoms with Gasteiger partial charge in [0.1, 0.15) is 36.8 Å². The van der Waals surface area contributed by atoms with E-state index in [2.05, 4.69) is 26.0 Å². The van der Waals surface area contributed by atoms with Crippen molar-refractivity contribution in [1.82, 2.24) is 0 Å². The number of carbonyl (C=O) groups is 2. The van der Waals surface area contributed by atoms with Crippen LogP contribution in [0.3, 0.4) is 0 Å². The van der Waals surface area contributed by atoms with E-state index in [9.17, 15) is 37.9 Å². The first-order valence-corrected chi connectivity index (χ1v) is 31.9. The summed E-state index contributed by atoms with van der Waals surface area (Å²) in [5.41, 5.74) is 0. The van der Waals surface area contributed by atoms with Gasteiger partial charge in [-0.1, -0.05) is 264 Å². The van der Waals surface area contributed by atoms with Crippen molar-refractivity contribution in [1.29, 1.82) is 0 Å². The molecule has 0 saturated carbocycles. The van der Waals surface area contributed by atoms with Crippen molar-refractivity contribution in [2.45, 2.75) is 333 Å². The van der Waals surface area contributed by atoms with E-state index in [1.54, 1.807) is 0 Å². The van der Waals surface area contributed by atoms with Gasteiger partial charge in [0.25, 0.3) is 10.1 Å². The first-order chi connectivity index (χ1) is 35.0.